The van der Waals surface area contributed by atoms with Crippen molar-refractivity contribution in [3.05, 3.63) is 101 Å². The van der Waals surface area contributed by atoms with Gasteiger partial charge in [-0.15, -0.1) is 0 Å². The van der Waals surface area contributed by atoms with E-state index in [-0.39, 0.29) is 5.92 Å². The van der Waals surface area contributed by atoms with Gasteiger partial charge in [-0.3, -0.25) is 0 Å². The average molecular weight is 451 g/mol. The zero-order valence-electron chi connectivity index (χ0n) is 17.6. The fourth-order valence-electron chi connectivity index (χ4n) is 4.40. The number of nitrogens with zero attached hydrogens (tertiary/aromatic N) is 1. The molecule has 1 aliphatic heterocycles. The number of nitrogens with one attached hydrogen (secondary N) is 1. The molecule has 0 atom stereocenters. The van der Waals surface area contributed by atoms with Gasteiger partial charge < -0.3 is 15.3 Å². The lowest BCUT2D eigenvalue weighted by molar-refractivity contribution is -0.00631. The van der Waals surface area contributed by atoms with Crippen LogP contribution in [0.4, 0.5) is 5.69 Å². The van der Waals surface area contributed by atoms with Crippen LogP contribution in [0.1, 0.15) is 29.5 Å². The van der Waals surface area contributed by atoms with Crippen LogP contribution in [0.25, 0.3) is 0 Å². The number of piperidine rings is 1. The van der Waals surface area contributed by atoms with E-state index in [1.807, 2.05) is 85.8 Å². The largest absolute Gasteiger partial charge is 0.380 e. The molecule has 4 rings (SSSR count). The van der Waals surface area contributed by atoms with Crippen molar-refractivity contribution in [2.45, 2.75) is 25.4 Å². The maximum absolute atomic E-state index is 12.0. The number of hydrogen-bond acceptors (Lipinski definition) is 2. The predicted molar refractivity (Wildman–Crippen MR) is 133 cm³/mol. The molecule has 0 radical (unpaired) electrons. The number of halogens is 1. The molecule has 160 valence electrons. The second-order valence-electron chi connectivity index (χ2n) is 8.15. The van der Waals surface area contributed by atoms with E-state index < -0.39 is 5.60 Å². The molecule has 0 aliphatic carbocycles. The van der Waals surface area contributed by atoms with Crippen LogP contribution in [-0.2, 0) is 5.60 Å². The summed E-state index contributed by atoms with van der Waals surface area (Å²) in [5.74, 6) is 0.102. The van der Waals surface area contributed by atoms with Gasteiger partial charge in [-0.2, -0.15) is 0 Å². The van der Waals surface area contributed by atoms with Crippen molar-refractivity contribution >= 4 is 34.6 Å². The maximum Gasteiger partial charge on any atom is 0.173 e. The van der Waals surface area contributed by atoms with Gasteiger partial charge >= 0.3 is 0 Å². The topological polar surface area (TPSA) is 35.5 Å². The van der Waals surface area contributed by atoms with E-state index in [1.165, 1.54) is 0 Å². The number of hydrogen-bond donors (Lipinski definition) is 2. The maximum atomic E-state index is 12.0. The molecule has 1 fully saturated rings. The fraction of sp³-hybridized carbons (Fsp3) is 0.269. The summed E-state index contributed by atoms with van der Waals surface area (Å²) >= 11 is 11.9. The Morgan fingerprint density at radius 3 is 2.03 bits per heavy atom. The van der Waals surface area contributed by atoms with Crippen molar-refractivity contribution in [2.24, 2.45) is 5.92 Å². The van der Waals surface area contributed by atoms with E-state index >= 15 is 0 Å². The third-order valence-corrected chi connectivity index (χ3v) is 6.99. The molecule has 0 amide bonds. The van der Waals surface area contributed by atoms with Gasteiger partial charge in [-0.1, -0.05) is 78.3 Å². The Morgan fingerprint density at radius 2 is 1.52 bits per heavy atom. The van der Waals surface area contributed by atoms with Gasteiger partial charge in [0.1, 0.15) is 5.60 Å². The van der Waals surface area contributed by atoms with E-state index in [4.69, 9.17) is 23.8 Å². The highest BCUT2D eigenvalue weighted by Gasteiger charge is 2.41. The second kappa shape index (κ2) is 9.39. The van der Waals surface area contributed by atoms with Crippen molar-refractivity contribution in [3.63, 3.8) is 0 Å². The highest BCUT2D eigenvalue weighted by Crippen LogP contribution is 2.42. The molecule has 0 unspecified atom stereocenters. The number of rotatable bonds is 4. The number of likely N-dealkylation sites (tertiary alicyclic amines) is 1. The van der Waals surface area contributed by atoms with Gasteiger partial charge in [0.2, 0.25) is 0 Å². The third-order valence-electron chi connectivity index (χ3n) is 6.22. The molecule has 0 aromatic heterocycles. The summed E-state index contributed by atoms with van der Waals surface area (Å²) in [6.45, 7) is 3.56. The van der Waals surface area contributed by atoms with E-state index in [0.717, 1.165) is 53.3 Å². The molecule has 1 saturated heterocycles. The standard InChI is InChI=1S/C26H27ClN2OS/c1-19-12-13-23(18-24(19)27)28-25(31)29-16-14-22(15-17-29)26(30,20-8-4-2-5-9-20)21-10-6-3-7-11-21/h2-13,18,22,30H,14-17H2,1H3,(H,28,31). The molecule has 3 aromatic carbocycles. The first-order chi connectivity index (χ1) is 15.0. The predicted octanol–water partition coefficient (Wildman–Crippen LogP) is 5.99. The number of anilines is 1. The Hall–Kier alpha value is -2.40. The summed E-state index contributed by atoms with van der Waals surface area (Å²) in [6.07, 6.45) is 1.69. The summed E-state index contributed by atoms with van der Waals surface area (Å²) in [4.78, 5) is 2.18. The van der Waals surface area contributed by atoms with E-state index in [1.54, 1.807) is 0 Å². The molecule has 1 heterocycles. The van der Waals surface area contributed by atoms with Crippen molar-refractivity contribution in [2.75, 3.05) is 18.4 Å². The van der Waals surface area contributed by atoms with Gasteiger partial charge in [0.05, 0.1) is 0 Å². The van der Waals surface area contributed by atoms with Crippen LogP contribution in [0.3, 0.4) is 0 Å². The van der Waals surface area contributed by atoms with Crippen LogP contribution >= 0.6 is 23.8 Å². The zero-order valence-corrected chi connectivity index (χ0v) is 19.2. The van der Waals surface area contributed by atoms with Crippen LogP contribution in [0.5, 0.6) is 0 Å². The molecule has 2 N–H and O–H groups in total. The molecule has 3 nitrogen and oxygen atoms in total. The van der Waals surface area contributed by atoms with Gasteiger partial charge in [-0.05, 0) is 66.7 Å². The van der Waals surface area contributed by atoms with Crippen molar-refractivity contribution < 1.29 is 5.11 Å². The molecule has 31 heavy (non-hydrogen) atoms. The highest BCUT2D eigenvalue weighted by molar-refractivity contribution is 7.80. The molecular formula is C26H27ClN2OS. The average Bonchev–Trinajstić information content (AvgIpc) is 2.82. The summed E-state index contributed by atoms with van der Waals surface area (Å²) in [5.41, 5.74) is 2.80. The molecular weight excluding hydrogens is 424 g/mol. The first-order valence-corrected chi connectivity index (χ1v) is 11.4. The summed E-state index contributed by atoms with van der Waals surface area (Å²) in [7, 11) is 0. The summed E-state index contributed by atoms with van der Waals surface area (Å²) in [6, 6.07) is 25.9. The SMILES string of the molecule is Cc1ccc(NC(=S)N2CCC(C(O)(c3ccccc3)c3ccccc3)CC2)cc1Cl. The molecule has 0 spiro atoms. The van der Waals surface area contributed by atoms with Crippen molar-refractivity contribution in [1.82, 2.24) is 4.90 Å². The first kappa shape index (κ1) is 21.8. The van der Waals surface area contributed by atoms with Gasteiger partial charge in [0.25, 0.3) is 0 Å². The molecule has 0 saturated carbocycles. The van der Waals surface area contributed by atoms with Gasteiger partial charge in [0, 0.05) is 23.8 Å². The quantitative estimate of drug-likeness (QED) is 0.478. The van der Waals surface area contributed by atoms with Gasteiger partial charge in [-0.25, -0.2) is 0 Å². The van der Waals surface area contributed by atoms with Crippen LogP contribution in [0, 0.1) is 12.8 Å². The third kappa shape index (κ3) is 4.62. The minimum Gasteiger partial charge on any atom is -0.380 e. The highest BCUT2D eigenvalue weighted by atomic mass is 35.5. The van der Waals surface area contributed by atoms with E-state index in [2.05, 4.69) is 10.2 Å². The number of aliphatic hydroxyl groups is 1. The summed E-state index contributed by atoms with van der Waals surface area (Å²) < 4.78 is 0. The normalized spacial score (nSPS) is 15.0. The number of benzene rings is 3. The Kier molecular flexibility index (Phi) is 6.61. The lowest BCUT2D eigenvalue weighted by Crippen LogP contribution is -2.47. The molecule has 3 aromatic rings. The molecule has 5 heteroatoms. The lowest BCUT2D eigenvalue weighted by atomic mass is 9.72. The molecule has 0 bridgehead atoms. The monoisotopic (exact) mass is 450 g/mol. The van der Waals surface area contributed by atoms with Crippen molar-refractivity contribution in [3.8, 4) is 0 Å². The minimum atomic E-state index is -1.02. The summed E-state index contributed by atoms with van der Waals surface area (Å²) in [5, 5.41) is 16.7. The van der Waals surface area contributed by atoms with Gasteiger partial charge in [0.15, 0.2) is 5.11 Å². The zero-order chi connectivity index (χ0) is 21.8. The Bertz CT molecular complexity index is 994. The minimum absolute atomic E-state index is 0.102. The van der Waals surface area contributed by atoms with E-state index in [9.17, 15) is 5.11 Å². The molecule has 1 aliphatic rings. The second-order valence-corrected chi connectivity index (χ2v) is 8.95. The number of thiocarbonyl (C=S) groups is 1. The Morgan fingerprint density at radius 1 is 0.968 bits per heavy atom. The first-order valence-electron chi connectivity index (χ1n) is 10.6. The van der Waals surface area contributed by atoms with Crippen LogP contribution in [0.2, 0.25) is 5.02 Å². The fourth-order valence-corrected chi connectivity index (χ4v) is 4.88. The Balaban J connectivity index is 1.49. The van der Waals surface area contributed by atoms with Crippen LogP contribution < -0.4 is 5.32 Å². The number of aryl methyl sites for hydroxylation is 1. The lowest BCUT2D eigenvalue weighted by Gasteiger charge is -2.43. The van der Waals surface area contributed by atoms with Crippen LogP contribution in [0.15, 0.2) is 78.9 Å². The van der Waals surface area contributed by atoms with Crippen molar-refractivity contribution in [1.29, 1.82) is 0 Å². The van der Waals surface area contributed by atoms with Crippen LogP contribution in [-0.4, -0.2) is 28.2 Å². The smallest absolute Gasteiger partial charge is 0.173 e. The Labute approximate surface area is 194 Å². The van der Waals surface area contributed by atoms with E-state index in [0.29, 0.717) is 5.11 Å².